The SMILES string of the molecule is CC(C)(C)c1cc(Br)ccc1OCC[C@H]1CCCNC1. The summed E-state index contributed by atoms with van der Waals surface area (Å²) in [5, 5.41) is 3.46. The van der Waals surface area contributed by atoms with Crippen LogP contribution in [0.15, 0.2) is 22.7 Å². The molecule has 1 N–H and O–H groups in total. The van der Waals surface area contributed by atoms with Gasteiger partial charge < -0.3 is 10.1 Å². The van der Waals surface area contributed by atoms with Crippen molar-refractivity contribution in [1.29, 1.82) is 0 Å². The minimum Gasteiger partial charge on any atom is -0.493 e. The van der Waals surface area contributed by atoms with Crippen LogP contribution in [0.1, 0.15) is 45.6 Å². The molecule has 1 saturated heterocycles. The molecule has 2 nitrogen and oxygen atoms in total. The second-order valence-corrected chi connectivity index (χ2v) is 7.66. The van der Waals surface area contributed by atoms with E-state index >= 15 is 0 Å². The fraction of sp³-hybridized carbons (Fsp3) is 0.647. The Morgan fingerprint density at radius 2 is 2.15 bits per heavy atom. The first kappa shape index (κ1) is 15.8. The van der Waals surface area contributed by atoms with E-state index in [1.54, 1.807) is 0 Å². The fourth-order valence-corrected chi connectivity index (χ4v) is 3.08. The van der Waals surface area contributed by atoms with E-state index in [0.717, 1.165) is 35.7 Å². The van der Waals surface area contributed by atoms with Crippen molar-refractivity contribution in [3.8, 4) is 5.75 Å². The Labute approximate surface area is 131 Å². The average molecular weight is 340 g/mol. The number of nitrogens with one attached hydrogen (secondary N) is 1. The molecule has 0 aliphatic carbocycles. The normalized spacial score (nSPS) is 19.9. The highest BCUT2D eigenvalue weighted by Crippen LogP contribution is 2.33. The molecule has 0 unspecified atom stereocenters. The summed E-state index contributed by atoms with van der Waals surface area (Å²) in [6, 6.07) is 6.33. The Balaban J connectivity index is 1.95. The maximum atomic E-state index is 6.07. The molecule has 3 heteroatoms. The van der Waals surface area contributed by atoms with Crippen LogP contribution >= 0.6 is 15.9 Å². The number of benzene rings is 1. The van der Waals surface area contributed by atoms with E-state index in [0.29, 0.717) is 0 Å². The first-order valence-corrected chi connectivity index (χ1v) is 8.39. The van der Waals surface area contributed by atoms with Gasteiger partial charge in [0, 0.05) is 10.0 Å². The lowest BCUT2D eigenvalue weighted by atomic mass is 9.86. The van der Waals surface area contributed by atoms with Gasteiger partial charge in [0.15, 0.2) is 0 Å². The summed E-state index contributed by atoms with van der Waals surface area (Å²) in [6.45, 7) is 9.83. The van der Waals surface area contributed by atoms with Gasteiger partial charge in [0.05, 0.1) is 6.61 Å². The first-order chi connectivity index (χ1) is 9.47. The second kappa shape index (κ2) is 6.95. The Kier molecular flexibility index (Phi) is 5.50. The molecule has 1 heterocycles. The molecule has 1 aromatic rings. The summed E-state index contributed by atoms with van der Waals surface area (Å²) in [5.41, 5.74) is 1.37. The summed E-state index contributed by atoms with van der Waals surface area (Å²) >= 11 is 3.56. The van der Waals surface area contributed by atoms with Crippen molar-refractivity contribution in [2.75, 3.05) is 19.7 Å². The van der Waals surface area contributed by atoms with Crippen molar-refractivity contribution in [3.63, 3.8) is 0 Å². The van der Waals surface area contributed by atoms with Gasteiger partial charge in [-0.2, -0.15) is 0 Å². The minimum absolute atomic E-state index is 0.103. The van der Waals surface area contributed by atoms with Crippen LogP contribution < -0.4 is 10.1 Å². The highest BCUT2D eigenvalue weighted by atomic mass is 79.9. The minimum atomic E-state index is 0.103. The van der Waals surface area contributed by atoms with Gasteiger partial charge in [-0.1, -0.05) is 36.7 Å². The molecular weight excluding hydrogens is 314 g/mol. The Morgan fingerprint density at radius 1 is 1.35 bits per heavy atom. The Morgan fingerprint density at radius 3 is 2.80 bits per heavy atom. The van der Waals surface area contributed by atoms with Gasteiger partial charge in [0.25, 0.3) is 0 Å². The molecule has 0 radical (unpaired) electrons. The topological polar surface area (TPSA) is 21.3 Å². The molecule has 0 spiro atoms. The van der Waals surface area contributed by atoms with Crippen molar-refractivity contribution in [3.05, 3.63) is 28.2 Å². The van der Waals surface area contributed by atoms with Crippen molar-refractivity contribution in [2.45, 2.75) is 45.4 Å². The lowest BCUT2D eigenvalue weighted by molar-refractivity contribution is 0.250. The zero-order valence-corrected chi connectivity index (χ0v) is 14.4. The van der Waals surface area contributed by atoms with E-state index in [1.807, 2.05) is 0 Å². The number of halogens is 1. The molecule has 1 aromatic carbocycles. The second-order valence-electron chi connectivity index (χ2n) is 6.74. The maximum absolute atomic E-state index is 6.07. The van der Waals surface area contributed by atoms with Crippen LogP contribution in [0.5, 0.6) is 5.75 Å². The predicted molar refractivity (Wildman–Crippen MR) is 88.5 cm³/mol. The van der Waals surface area contributed by atoms with Crippen LogP contribution in [0, 0.1) is 5.92 Å². The Hall–Kier alpha value is -0.540. The third kappa shape index (κ3) is 4.49. The van der Waals surface area contributed by atoms with Gasteiger partial charge in [-0.05, 0) is 61.9 Å². The standard InChI is InChI=1S/C17H26BrNO/c1-17(2,3)15-11-14(18)6-7-16(15)20-10-8-13-5-4-9-19-12-13/h6-7,11,13,19H,4-5,8-10,12H2,1-3H3/t13-/m1/s1. The molecular formula is C17H26BrNO. The third-order valence-electron chi connectivity index (χ3n) is 3.93. The third-order valence-corrected chi connectivity index (χ3v) is 4.43. The molecule has 0 aromatic heterocycles. The van der Waals surface area contributed by atoms with E-state index in [9.17, 15) is 0 Å². The van der Waals surface area contributed by atoms with Gasteiger partial charge in [-0.3, -0.25) is 0 Å². The monoisotopic (exact) mass is 339 g/mol. The summed E-state index contributed by atoms with van der Waals surface area (Å²) < 4.78 is 7.19. The predicted octanol–water partition coefficient (Wildman–Crippen LogP) is 4.52. The lowest BCUT2D eigenvalue weighted by Crippen LogP contribution is -2.30. The highest BCUT2D eigenvalue weighted by Gasteiger charge is 2.20. The lowest BCUT2D eigenvalue weighted by Gasteiger charge is -2.25. The molecule has 0 saturated carbocycles. The molecule has 1 aliphatic rings. The van der Waals surface area contributed by atoms with Crippen molar-refractivity contribution < 1.29 is 4.74 Å². The fourth-order valence-electron chi connectivity index (χ4n) is 2.72. The molecule has 1 atom stereocenters. The highest BCUT2D eigenvalue weighted by molar-refractivity contribution is 9.10. The molecule has 20 heavy (non-hydrogen) atoms. The number of ether oxygens (including phenoxy) is 1. The van der Waals surface area contributed by atoms with Crippen LogP contribution in [-0.2, 0) is 5.41 Å². The van der Waals surface area contributed by atoms with Gasteiger partial charge in [-0.25, -0.2) is 0 Å². The smallest absolute Gasteiger partial charge is 0.123 e. The van der Waals surface area contributed by atoms with Crippen molar-refractivity contribution in [2.24, 2.45) is 5.92 Å². The summed E-state index contributed by atoms with van der Waals surface area (Å²) in [7, 11) is 0. The van der Waals surface area contributed by atoms with Crippen LogP contribution in [0.2, 0.25) is 0 Å². The van der Waals surface area contributed by atoms with Crippen molar-refractivity contribution in [1.82, 2.24) is 5.32 Å². The molecule has 112 valence electrons. The molecule has 0 bridgehead atoms. The number of rotatable bonds is 4. The zero-order valence-electron chi connectivity index (χ0n) is 12.8. The number of hydrogen-bond acceptors (Lipinski definition) is 2. The van der Waals surface area contributed by atoms with Crippen LogP contribution in [0.4, 0.5) is 0 Å². The maximum Gasteiger partial charge on any atom is 0.123 e. The molecule has 0 amide bonds. The van der Waals surface area contributed by atoms with Gasteiger partial charge in [-0.15, -0.1) is 0 Å². The van der Waals surface area contributed by atoms with E-state index in [1.165, 1.54) is 24.9 Å². The average Bonchev–Trinajstić information content (AvgIpc) is 2.40. The molecule has 1 aliphatic heterocycles. The molecule has 1 fully saturated rings. The summed E-state index contributed by atoms with van der Waals surface area (Å²) in [4.78, 5) is 0. The largest absolute Gasteiger partial charge is 0.493 e. The molecule has 2 rings (SSSR count). The Bertz CT molecular complexity index is 433. The number of piperidine rings is 1. The first-order valence-electron chi connectivity index (χ1n) is 7.60. The van der Waals surface area contributed by atoms with Crippen molar-refractivity contribution >= 4 is 15.9 Å². The van der Waals surface area contributed by atoms with Crippen LogP contribution in [0.25, 0.3) is 0 Å². The van der Waals surface area contributed by atoms with Crippen LogP contribution in [-0.4, -0.2) is 19.7 Å². The summed E-state index contributed by atoms with van der Waals surface area (Å²) in [5.74, 6) is 1.81. The quantitative estimate of drug-likeness (QED) is 0.870. The van der Waals surface area contributed by atoms with Gasteiger partial charge in [0.1, 0.15) is 5.75 Å². The van der Waals surface area contributed by atoms with Crippen LogP contribution in [0.3, 0.4) is 0 Å². The van der Waals surface area contributed by atoms with E-state index in [2.05, 4.69) is 60.2 Å². The summed E-state index contributed by atoms with van der Waals surface area (Å²) in [6.07, 6.45) is 3.78. The zero-order chi connectivity index (χ0) is 14.6. The van der Waals surface area contributed by atoms with Gasteiger partial charge in [0.2, 0.25) is 0 Å². The van der Waals surface area contributed by atoms with E-state index in [-0.39, 0.29) is 5.41 Å². The number of hydrogen-bond donors (Lipinski definition) is 1. The van der Waals surface area contributed by atoms with E-state index < -0.39 is 0 Å². The van der Waals surface area contributed by atoms with Gasteiger partial charge >= 0.3 is 0 Å². The van der Waals surface area contributed by atoms with E-state index in [4.69, 9.17) is 4.74 Å².